The normalized spacial score (nSPS) is 16.2. The van der Waals surface area contributed by atoms with E-state index in [0.717, 1.165) is 0 Å². The van der Waals surface area contributed by atoms with E-state index in [1.807, 2.05) is 0 Å². The van der Waals surface area contributed by atoms with Crippen molar-refractivity contribution in [2.75, 3.05) is 25.5 Å². The molecule has 2 aromatic carbocycles. The Morgan fingerprint density at radius 2 is 1.66 bits per heavy atom. The van der Waals surface area contributed by atoms with Gasteiger partial charge in [-0.3, -0.25) is 9.59 Å². The number of hydrogen-bond acceptors (Lipinski definition) is 6. The molecule has 1 N–H and O–H groups in total. The number of esters is 1. The van der Waals surface area contributed by atoms with Gasteiger partial charge in [0.05, 0.1) is 17.9 Å². The van der Waals surface area contributed by atoms with Crippen LogP contribution in [0.1, 0.15) is 19.8 Å². The molecule has 0 aliphatic carbocycles. The van der Waals surface area contributed by atoms with Crippen molar-refractivity contribution in [2.24, 2.45) is 5.92 Å². The van der Waals surface area contributed by atoms with Gasteiger partial charge in [-0.15, -0.1) is 0 Å². The van der Waals surface area contributed by atoms with Gasteiger partial charge in [-0.25, -0.2) is 8.42 Å². The van der Waals surface area contributed by atoms with E-state index in [9.17, 15) is 18.0 Å². The summed E-state index contributed by atoms with van der Waals surface area (Å²) in [6, 6.07) is 12.7. The predicted octanol–water partition coefficient (Wildman–Crippen LogP) is 3.32. The summed E-state index contributed by atoms with van der Waals surface area (Å²) in [5, 5.41) is 3.20. The first-order valence-electron chi connectivity index (χ1n) is 10.1. The van der Waals surface area contributed by atoms with Crippen LogP contribution < -0.4 is 10.1 Å². The van der Waals surface area contributed by atoms with Gasteiger partial charge in [-0.2, -0.15) is 4.31 Å². The number of halogens is 1. The Balaban J connectivity index is 1.52. The standard InChI is InChI=1S/C22H25ClN2O6S/c1-15(21(26)24-18-5-3-17(23)4-6-18)31-22(27)16-11-13-25(14-12-16)32(28,29)20-9-7-19(30-2)8-10-20/h3-10,15-16H,11-14H2,1-2H3,(H,24,26). The van der Waals surface area contributed by atoms with Crippen LogP contribution in [-0.4, -0.2) is 50.9 Å². The van der Waals surface area contributed by atoms with Crippen LogP contribution in [0, 0.1) is 5.92 Å². The highest BCUT2D eigenvalue weighted by Crippen LogP contribution is 2.26. The lowest BCUT2D eigenvalue weighted by Gasteiger charge is -2.30. The highest BCUT2D eigenvalue weighted by molar-refractivity contribution is 7.89. The van der Waals surface area contributed by atoms with Crippen LogP contribution in [-0.2, 0) is 24.3 Å². The van der Waals surface area contributed by atoms with Crippen LogP contribution in [0.15, 0.2) is 53.4 Å². The predicted molar refractivity (Wildman–Crippen MR) is 120 cm³/mol. The summed E-state index contributed by atoms with van der Waals surface area (Å²) in [5.74, 6) is -0.867. The minimum absolute atomic E-state index is 0.173. The fraction of sp³-hybridized carbons (Fsp3) is 0.364. The second-order valence-electron chi connectivity index (χ2n) is 7.43. The molecule has 1 fully saturated rings. The Labute approximate surface area is 192 Å². The minimum Gasteiger partial charge on any atom is -0.497 e. The summed E-state index contributed by atoms with van der Waals surface area (Å²) < 4.78 is 37.4. The molecule has 1 amide bonds. The third-order valence-electron chi connectivity index (χ3n) is 5.26. The Morgan fingerprint density at radius 3 is 2.22 bits per heavy atom. The summed E-state index contributed by atoms with van der Waals surface area (Å²) in [6.07, 6.45) is -0.348. The van der Waals surface area contributed by atoms with Crippen molar-refractivity contribution in [3.8, 4) is 5.75 Å². The number of ether oxygens (including phenoxy) is 2. The maximum Gasteiger partial charge on any atom is 0.309 e. The van der Waals surface area contributed by atoms with E-state index < -0.39 is 33.9 Å². The number of piperidine rings is 1. The van der Waals surface area contributed by atoms with E-state index >= 15 is 0 Å². The van der Waals surface area contributed by atoms with E-state index in [0.29, 0.717) is 29.3 Å². The number of rotatable bonds is 7. The van der Waals surface area contributed by atoms with E-state index in [2.05, 4.69) is 5.32 Å². The number of methoxy groups -OCH3 is 1. The van der Waals surface area contributed by atoms with Crippen LogP contribution in [0.4, 0.5) is 5.69 Å². The van der Waals surface area contributed by atoms with Gasteiger partial charge in [0.15, 0.2) is 6.10 Å². The number of carbonyl (C=O) groups is 2. The number of amides is 1. The molecule has 0 aromatic heterocycles. The first kappa shape index (κ1) is 24.0. The topological polar surface area (TPSA) is 102 Å². The van der Waals surface area contributed by atoms with Gasteiger partial charge in [0.25, 0.3) is 5.91 Å². The molecule has 2 aromatic rings. The Kier molecular flexibility index (Phi) is 7.76. The van der Waals surface area contributed by atoms with E-state index in [-0.39, 0.29) is 18.0 Å². The molecule has 1 aliphatic rings. The van der Waals surface area contributed by atoms with Crippen LogP contribution >= 0.6 is 11.6 Å². The summed E-state index contributed by atoms with van der Waals surface area (Å²) in [5.41, 5.74) is 0.541. The van der Waals surface area contributed by atoms with Gasteiger partial charge < -0.3 is 14.8 Å². The lowest BCUT2D eigenvalue weighted by molar-refractivity contribution is -0.158. The third kappa shape index (κ3) is 5.79. The van der Waals surface area contributed by atoms with Crippen LogP contribution in [0.25, 0.3) is 0 Å². The lowest BCUT2D eigenvalue weighted by Crippen LogP contribution is -2.41. The fourth-order valence-electron chi connectivity index (χ4n) is 3.33. The molecule has 3 rings (SSSR count). The first-order chi connectivity index (χ1) is 15.2. The minimum atomic E-state index is -3.66. The van der Waals surface area contributed by atoms with Crippen molar-refractivity contribution < 1.29 is 27.5 Å². The highest BCUT2D eigenvalue weighted by atomic mass is 35.5. The lowest BCUT2D eigenvalue weighted by atomic mass is 9.98. The molecule has 0 saturated carbocycles. The van der Waals surface area contributed by atoms with Gasteiger partial charge in [0, 0.05) is 23.8 Å². The van der Waals surface area contributed by atoms with E-state index in [1.54, 1.807) is 36.4 Å². The van der Waals surface area contributed by atoms with Crippen LogP contribution in [0.3, 0.4) is 0 Å². The van der Waals surface area contributed by atoms with Crippen molar-refractivity contribution in [3.63, 3.8) is 0 Å². The van der Waals surface area contributed by atoms with Crippen LogP contribution in [0.5, 0.6) is 5.75 Å². The smallest absolute Gasteiger partial charge is 0.309 e. The third-order valence-corrected chi connectivity index (χ3v) is 7.42. The number of sulfonamides is 1. The van der Waals surface area contributed by atoms with Crippen molar-refractivity contribution in [1.29, 1.82) is 0 Å². The molecule has 32 heavy (non-hydrogen) atoms. The number of benzene rings is 2. The molecule has 0 radical (unpaired) electrons. The second-order valence-corrected chi connectivity index (χ2v) is 9.80. The number of nitrogens with one attached hydrogen (secondary N) is 1. The fourth-order valence-corrected chi connectivity index (χ4v) is 4.93. The molecule has 0 bridgehead atoms. The Morgan fingerprint density at radius 1 is 1.06 bits per heavy atom. The summed E-state index contributed by atoms with van der Waals surface area (Å²) in [7, 11) is -2.15. The van der Waals surface area contributed by atoms with E-state index in [4.69, 9.17) is 21.1 Å². The monoisotopic (exact) mass is 480 g/mol. The SMILES string of the molecule is COc1ccc(S(=O)(=O)N2CCC(C(=O)OC(C)C(=O)Nc3ccc(Cl)cc3)CC2)cc1. The molecule has 172 valence electrons. The highest BCUT2D eigenvalue weighted by Gasteiger charge is 2.34. The molecule has 0 spiro atoms. The molecule has 1 unspecified atom stereocenters. The largest absolute Gasteiger partial charge is 0.497 e. The zero-order chi connectivity index (χ0) is 23.3. The van der Waals surface area contributed by atoms with Crippen molar-refractivity contribution in [3.05, 3.63) is 53.6 Å². The second kappa shape index (κ2) is 10.3. The van der Waals surface area contributed by atoms with Crippen molar-refractivity contribution in [1.82, 2.24) is 4.31 Å². The van der Waals surface area contributed by atoms with E-state index in [1.165, 1.54) is 30.5 Å². The number of carbonyl (C=O) groups excluding carboxylic acids is 2. The molecule has 1 aliphatic heterocycles. The maximum atomic E-state index is 12.8. The molecule has 1 heterocycles. The first-order valence-corrected chi connectivity index (χ1v) is 11.9. The number of hydrogen-bond donors (Lipinski definition) is 1. The molecule has 8 nitrogen and oxygen atoms in total. The summed E-state index contributed by atoms with van der Waals surface area (Å²) in [6.45, 7) is 1.88. The van der Waals surface area contributed by atoms with Crippen molar-refractivity contribution in [2.45, 2.75) is 30.8 Å². The Bertz CT molecular complexity index is 1050. The molecule has 1 saturated heterocycles. The van der Waals surface area contributed by atoms with Gasteiger partial charge in [-0.05, 0) is 68.3 Å². The maximum absolute atomic E-state index is 12.8. The Hall–Kier alpha value is -2.62. The molecule has 10 heteroatoms. The molecular formula is C22H25ClN2O6S. The van der Waals surface area contributed by atoms with Gasteiger partial charge in [-0.1, -0.05) is 11.6 Å². The quantitative estimate of drug-likeness (QED) is 0.610. The zero-order valence-corrected chi connectivity index (χ0v) is 19.4. The summed E-state index contributed by atoms with van der Waals surface area (Å²) in [4.78, 5) is 25.0. The van der Waals surface area contributed by atoms with Crippen LogP contribution in [0.2, 0.25) is 5.02 Å². The van der Waals surface area contributed by atoms with Crippen molar-refractivity contribution >= 4 is 39.2 Å². The van der Waals surface area contributed by atoms with Gasteiger partial charge in [0.1, 0.15) is 5.75 Å². The molecule has 1 atom stereocenters. The number of anilines is 1. The average molecular weight is 481 g/mol. The molecular weight excluding hydrogens is 456 g/mol. The summed E-state index contributed by atoms with van der Waals surface area (Å²) >= 11 is 5.82. The van der Waals surface area contributed by atoms with Gasteiger partial charge >= 0.3 is 5.97 Å². The zero-order valence-electron chi connectivity index (χ0n) is 17.8. The number of nitrogens with zero attached hydrogens (tertiary/aromatic N) is 1. The average Bonchev–Trinajstić information content (AvgIpc) is 2.80. The van der Waals surface area contributed by atoms with Gasteiger partial charge in [0.2, 0.25) is 10.0 Å².